The number of thioether (sulfide) groups is 1. The Labute approximate surface area is 199 Å². The Hall–Kier alpha value is -3.60. The lowest BCUT2D eigenvalue weighted by Crippen LogP contribution is -2.55. The molecule has 1 unspecified atom stereocenters. The van der Waals surface area contributed by atoms with Gasteiger partial charge < -0.3 is 19.3 Å². The summed E-state index contributed by atoms with van der Waals surface area (Å²) < 4.78 is 25.4. The van der Waals surface area contributed by atoms with Gasteiger partial charge in [0.2, 0.25) is 17.2 Å². The number of rotatable bonds is 5. The van der Waals surface area contributed by atoms with Crippen LogP contribution in [0.1, 0.15) is 0 Å². The van der Waals surface area contributed by atoms with E-state index >= 15 is 0 Å². The Morgan fingerprint density at radius 3 is 2.53 bits per heavy atom. The van der Waals surface area contributed by atoms with Crippen LogP contribution in [0, 0.1) is 5.82 Å². The first-order valence-corrected chi connectivity index (χ1v) is 11.8. The quantitative estimate of drug-likeness (QED) is 0.556. The lowest BCUT2D eigenvalue weighted by atomic mass is 10.2. The summed E-state index contributed by atoms with van der Waals surface area (Å²) in [4.78, 5) is 33.2. The molecular formula is C23H22FN5O4S. The van der Waals surface area contributed by atoms with Gasteiger partial charge in [-0.05, 0) is 24.3 Å². The van der Waals surface area contributed by atoms with Gasteiger partial charge in [-0.1, -0.05) is 36.0 Å². The van der Waals surface area contributed by atoms with Gasteiger partial charge in [0, 0.05) is 26.2 Å². The van der Waals surface area contributed by atoms with Crippen LogP contribution in [0.4, 0.5) is 4.39 Å². The summed E-state index contributed by atoms with van der Waals surface area (Å²) in [6.07, 6.45) is -0.693. The van der Waals surface area contributed by atoms with E-state index in [1.165, 1.54) is 17.8 Å². The zero-order chi connectivity index (χ0) is 23.5. The van der Waals surface area contributed by atoms with E-state index in [-0.39, 0.29) is 24.2 Å². The average molecular weight is 484 g/mol. The third kappa shape index (κ3) is 4.69. The molecule has 1 saturated heterocycles. The summed E-state index contributed by atoms with van der Waals surface area (Å²) in [5.41, 5.74) is 0.324. The zero-order valence-corrected chi connectivity index (χ0v) is 19.0. The molecule has 2 aliphatic heterocycles. The second kappa shape index (κ2) is 9.72. The number of carbonyl (C=O) groups is 2. The van der Waals surface area contributed by atoms with Crippen LogP contribution in [0.5, 0.6) is 11.5 Å². The molecule has 0 radical (unpaired) electrons. The van der Waals surface area contributed by atoms with Crippen LogP contribution in [0.15, 0.2) is 53.7 Å². The molecule has 3 aromatic rings. The minimum absolute atomic E-state index is 0.0690. The third-order valence-corrected chi connectivity index (χ3v) is 6.48. The van der Waals surface area contributed by atoms with Crippen molar-refractivity contribution in [2.24, 2.45) is 0 Å². The van der Waals surface area contributed by atoms with E-state index in [4.69, 9.17) is 9.47 Å². The van der Waals surface area contributed by atoms with Crippen molar-refractivity contribution in [1.82, 2.24) is 25.0 Å². The van der Waals surface area contributed by atoms with Crippen LogP contribution >= 0.6 is 11.8 Å². The van der Waals surface area contributed by atoms with E-state index in [9.17, 15) is 14.0 Å². The van der Waals surface area contributed by atoms with Gasteiger partial charge in [0.05, 0.1) is 11.3 Å². The summed E-state index contributed by atoms with van der Waals surface area (Å²) in [6, 6.07) is 13.5. The van der Waals surface area contributed by atoms with Gasteiger partial charge in [-0.3, -0.25) is 14.7 Å². The van der Waals surface area contributed by atoms with Crippen LogP contribution < -0.4 is 9.47 Å². The van der Waals surface area contributed by atoms with E-state index < -0.39 is 11.9 Å². The topological polar surface area (TPSA) is 101 Å². The average Bonchev–Trinajstić information content (AvgIpc) is 3.35. The van der Waals surface area contributed by atoms with Crippen molar-refractivity contribution in [1.29, 1.82) is 0 Å². The Balaban J connectivity index is 1.10. The van der Waals surface area contributed by atoms with Gasteiger partial charge >= 0.3 is 0 Å². The summed E-state index contributed by atoms with van der Waals surface area (Å²) >= 11 is 1.18. The molecule has 2 aliphatic rings. The van der Waals surface area contributed by atoms with Gasteiger partial charge in [-0.2, -0.15) is 0 Å². The number of fused-ring (bicyclic) bond motifs is 1. The fourth-order valence-electron chi connectivity index (χ4n) is 3.82. The molecule has 2 amide bonds. The number of piperazine rings is 1. The number of ether oxygens (including phenoxy) is 2. The molecule has 0 bridgehead atoms. The van der Waals surface area contributed by atoms with Crippen LogP contribution in [-0.2, 0) is 9.59 Å². The maximum atomic E-state index is 13.9. The predicted molar refractivity (Wildman–Crippen MR) is 122 cm³/mol. The molecular weight excluding hydrogens is 461 g/mol. The lowest BCUT2D eigenvalue weighted by molar-refractivity contribution is -0.145. The second-order valence-corrected chi connectivity index (χ2v) is 8.75. The number of halogens is 1. The number of nitrogens with one attached hydrogen (secondary N) is 1. The molecule has 0 spiro atoms. The van der Waals surface area contributed by atoms with E-state index in [2.05, 4.69) is 15.2 Å². The minimum atomic E-state index is -0.693. The summed E-state index contributed by atoms with van der Waals surface area (Å²) in [7, 11) is 0. The number of benzene rings is 2. The van der Waals surface area contributed by atoms with Crippen molar-refractivity contribution in [2.75, 3.05) is 38.5 Å². The van der Waals surface area contributed by atoms with Crippen molar-refractivity contribution in [2.45, 2.75) is 11.3 Å². The van der Waals surface area contributed by atoms with Gasteiger partial charge in [0.15, 0.2) is 17.3 Å². The first-order chi connectivity index (χ1) is 16.6. The van der Waals surface area contributed by atoms with Gasteiger partial charge in [0.25, 0.3) is 5.91 Å². The first-order valence-electron chi connectivity index (χ1n) is 10.8. The fourth-order valence-corrected chi connectivity index (χ4v) is 4.52. The van der Waals surface area contributed by atoms with Crippen molar-refractivity contribution in [3.8, 4) is 22.9 Å². The third-order valence-electron chi connectivity index (χ3n) is 5.65. The highest BCUT2D eigenvalue weighted by atomic mass is 32.2. The number of aromatic nitrogens is 3. The molecule has 0 aliphatic carbocycles. The van der Waals surface area contributed by atoms with E-state index in [1.54, 1.807) is 40.1 Å². The smallest absolute Gasteiger partial charge is 0.267 e. The van der Waals surface area contributed by atoms with Crippen molar-refractivity contribution in [3.05, 3.63) is 54.3 Å². The molecule has 0 saturated carbocycles. The van der Waals surface area contributed by atoms with E-state index in [0.29, 0.717) is 54.2 Å². The SMILES string of the molecule is O=C(CSc1n[nH]c(-c2ccccc2F)n1)N1CCN(C(=O)C2COc3ccccc3O2)CC1. The summed E-state index contributed by atoms with van der Waals surface area (Å²) in [5, 5.41) is 7.14. The number of hydrogen-bond acceptors (Lipinski definition) is 7. The summed E-state index contributed by atoms with van der Waals surface area (Å²) in [6.45, 7) is 1.88. The summed E-state index contributed by atoms with van der Waals surface area (Å²) in [5.74, 6) is 1.05. The van der Waals surface area contributed by atoms with Crippen LogP contribution in [-0.4, -0.2) is 81.4 Å². The monoisotopic (exact) mass is 483 g/mol. The Morgan fingerprint density at radius 2 is 1.74 bits per heavy atom. The molecule has 176 valence electrons. The van der Waals surface area contributed by atoms with Gasteiger partial charge in [0.1, 0.15) is 12.4 Å². The maximum absolute atomic E-state index is 13.9. The fraction of sp³-hybridized carbons (Fsp3) is 0.304. The zero-order valence-electron chi connectivity index (χ0n) is 18.1. The predicted octanol–water partition coefficient (Wildman–Crippen LogP) is 2.21. The lowest BCUT2D eigenvalue weighted by Gasteiger charge is -2.37. The van der Waals surface area contributed by atoms with Crippen LogP contribution in [0.3, 0.4) is 0 Å². The minimum Gasteiger partial charge on any atom is -0.485 e. The van der Waals surface area contributed by atoms with E-state index in [1.807, 2.05) is 12.1 Å². The van der Waals surface area contributed by atoms with E-state index in [0.717, 1.165) is 0 Å². The number of aromatic amines is 1. The molecule has 1 aromatic heterocycles. The highest BCUT2D eigenvalue weighted by Crippen LogP contribution is 2.31. The van der Waals surface area contributed by atoms with Gasteiger partial charge in [-0.25, -0.2) is 9.37 Å². The van der Waals surface area contributed by atoms with Gasteiger partial charge in [-0.15, -0.1) is 5.10 Å². The number of nitrogens with zero attached hydrogens (tertiary/aromatic N) is 4. The Morgan fingerprint density at radius 1 is 1.03 bits per heavy atom. The Kier molecular flexibility index (Phi) is 6.35. The normalized spacial score (nSPS) is 17.5. The molecule has 5 rings (SSSR count). The largest absolute Gasteiger partial charge is 0.485 e. The van der Waals surface area contributed by atoms with Crippen molar-refractivity contribution in [3.63, 3.8) is 0 Å². The second-order valence-electron chi connectivity index (χ2n) is 7.81. The van der Waals surface area contributed by atoms with Crippen molar-refractivity contribution < 1.29 is 23.5 Å². The molecule has 34 heavy (non-hydrogen) atoms. The highest BCUT2D eigenvalue weighted by molar-refractivity contribution is 7.99. The number of H-pyrrole nitrogens is 1. The molecule has 1 N–H and O–H groups in total. The Bertz CT molecular complexity index is 1200. The molecule has 3 heterocycles. The van der Waals surface area contributed by atoms with Crippen molar-refractivity contribution >= 4 is 23.6 Å². The van der Waals surface area contributed by atoms with Crippen LogP contribution in [0.2, 0.25) is 0 Å². The number of para-hydroxylation sites is 2. The number of amides is 2. The first kappa shape index (κ1) is 22.2. The number of hydrogen-bond donors (Lipinski definition) is 1. The van der Waals surface area contributed by atoms with Crippen LogP contribution in [0.25, 0.3) is 11.4 Å². The molecule has 2 aromatic carbocycles. The molecule has 1 atom stereocenters. The standard InChI is InChI=1S/C23H22FN5O4S/c24-16-6-2-1-5-15(16)21-25-23(27-26-21)34-14-20(30)28-9-11-29(12-10-28)22(31)19-13-32-17-7-3-4-8-18(17)33-19/h1-8,19H,9-14H2,(H,25,26,27). The maximum Gasteiger partial charge on any atom is 0.267 e. The molecule has 1 fully saturated rings. The number of carbonyl (C=O) groups excluding carboxylic acids is 2. The molecule has 9 nitrogen and oxygen atoms in total. The highest BCUT2D eigenvalue weighted by Gasteiger charge is 2.33. The molecule has 11 heteroatoms.